The number of hydrogen-bond acceptors (Lipinski definition) is 4. The van der Waals surface area contributed by atoms with Crippen LogP contribution in [-0.4, -0.2) is 42.3 Å². The summed E-state index contributed by atoms with van der Waals surface area (Å²) in [5.41, 5.74) is 2.00. The predicted octanol–water partition coefficient (Wildman–Crippen LogP) is 1.83. The van der Waals surface area contributed by atoms with Crippen molar-refractivity contribution in [1.29, 1.82) is 0 Å². The van der Waals surface area contributed by atoms with E-state index in [-0.39, 0.29) is 12.4 Å². The molecule has 20 heavy (non-hydrogen) atoms. The van der Waals surface area contributed by atoms with Crippen molar-refractivity contribution in [2.75, 3.05) is 26.9 Å². The van der Waals surface area contributed by atoms with Crippen molar-refractivity contribution in [3.63, 3.8) is 0 Å². The third kappa shape index (κ3) is 3.43. The van der Waals surface area contributed by atoms with E-state index in [1.807, 2.05) is 24.3 Å². The van der Waals surface area contributed by atoms with E-state index in [9.17, 15) is 4.79 Å². The van der Waals surface area contributed by atoms with Gasteiger partial charge in [-0.15, -0.1) is 0 Å². The van der Waals surface area contributed by atoms with E-state index in [0.29, 0.717) is 19.6 Å². The lowest BCUT2D eigenvalue weighted by Crippen LogP contribution is -2.16. The van der Waals surface area contributed by atoms with Gasteiger partial charge in [0.25, 0.3) is 0 Å². The van der Waals surface area contributed by atoms with E-state index in [0.717, 1.165) is 23.4 Å². The van der Waals surface area contributed by atoms with Gasteiger partial charge in [-0.3, -0.25) is 4.79 Å². The molecule has 0 saturated heterocycles. The zero-order valence-corrected chi connectivity index (χ0v) is 12.0. The van der Waals surface area contributed by atoms with Crippen LogP contribution in [0.2, 0.25) is 0 Å². The Hall–Kier alpha value is -1.72. The quantitative estimate of drug-likeness (QED) is 0.690. The number of para-hydroxylation sites is 2. The monoisotopic (exact) mass is 276 g/mol. The van der Waals surface area contributed by atoms with Gasteiger partial charge in [-0.25, -0.2) is 4.98 Å². The molecule has 108 valence electrons. The van der Waals surface area contributed by atoms with Gasteiger partial charge in [0.15, 0.2) is 5.78 Å². The Balaban J connectivity index is 2.03. The van der Waals surface area contributed by atoms with E-state index in [1.54, 1.807) is 7.11 Å². The Bertz CT molecular complexity index is 578. The summed E-state index contributed by atoms with van der Waals surface area (Å²) in [6.45, 7) is 3.90. The molecule has 2 aromatic rings. The number of rotatable bonds is 8. The Morgan fingerprint density at radius 2 is 2.10 bits per heavy atom. The molecule has 0 aliphatic rings. The van der Waals surface area contributed by atoms with Crippen molar-refractivity contribution >= 4 is 16.8 Å². The Kier molecular flexibility index (Phi) is 5.26. The molecule has 0 fully saturated rings. The molecule has 0 aliphatic carbocycles. The normalized spacial score (nSPS) is 11.1. The maximum absolute atomic E-state index is 11.9. The summed E-state index contributed by atoms with van der Waals surface area (Å²) in [5.74, 6) is 0.833. The second kappa shape index (κ2) is 7.17. The molecule has 0 spiro atoms. The van der Waals surface area contributed by atoms with Gasteiger partial charge in [0.2, 0.25) is 0 Å². The average Bonchev–Trinajstić information content (AvgIpc) is 2.80. The number of fused-ring (bicyclic) bond motifs is 1. The van der Waals surface area contributed by atoms with Crippen LogP contribution in [0.4, 0.5) is 0 Å². The number of imidazole rings is 1. The van der Waals surface area contributed by atoms with Crippen LogP contribution in [0.5, 0.6) is 0 Å². The van der Waals surface area contributed by atoms with Crippen molar-refractivity contribution in [1.82, 2.24) is 9.55 Å². The number of aryl methyl sites for hydroxylation is 1. The molecule has 5 nitrogen and oxygen atoms in total. The van der Waals surface area contributed by atoms with Crippen LogP contribution in [-0.2, 0) is 27.2 Å². The number of methoxy groups -OCH3 is 1. The third-order valence-electron chi connectivity index (χ3n) is 3.10. The van der Waals surface area contributed by atoms with Gasteiger partial charge in [0.1, 0.15) is 12.4 Å². The van der Waals surface area contributed by atoms with Crippen molar-refractivity contribution in [3.05, 3.63) is 30.1 Å². The lowest BCUT2D eigenvalue weighted by atomic mass is 10.3. The lowest BCUT2D eigenvalue weighted by Gasteiger charge is -2.06. The molecule has 0 saturated carbocycles. The summed E-state index contributed by atoms with van der Waals surface area (Å²) >= 11 is 0. The van der Waals surface area contributed by atoms with E-state index < -0.39 is 0 Å². The highest BCUT2D eigenvalue weighted by Gasteiger charge is 2.12. The van der Waals surface area contributed by atoms with Crippen molar-refractivity contribution < 1.29 is 14.3 Å². The minimum atomic E-state index is 0.0334. The molecular weight excluding hydrogens is 256 g/mol. The van der Waals surface area contributed by atoms with E-state index in [1.165, 1.54) is 0 Å². The standard InChI is InChI=1S/C15H20N2O3/c1-3-17-14-7-5-4-6-13(14)16-15(17)10-12(18)11-20-9-8-19-2/h4-7H,3,8-11H2,1-2H3. The molecule has 1 aromatic heterocycles. The van der Waals surface area contributed by atoms with Crippen molar-refractivity contribution in [3.8, 4) is 0 Å². The maximum atomic E-state index is 11.9. The summed E-state index contributed by atoms with van der Waals surface area (Å²) in [5, 5.41) is 0. The van der Waals surface area contributed by atoms with E-state index in [4.69, 9.17) is 9.47 Å². The molecule has 0 radical (unpaired) electrons. The first-order valence-corrected chi connectivity index (χ1v) is 6.78. The fraction of sp³-hybridized carbons (Fsp3) is 0.467. The number of ketones is 1. The molecule has 1 heterocycles. The molecule has 0 bridgehead atoms. The van der Waals surface area contributed by atoms with Gasteiger partial charge in [-0.05, 0) is 19.1 Å². The first-order valence-electron chi connectivity index (χ1n) is 6.78. The number of carbonyl (C=O) groups excluding carboxylic acids is 1. The fourth-order valence-electron chi connectivity index (χ4n) is 2.17. The third-order valence-corrected chi connectivity index (χ3v) is 3.10. The van der Waals surface area contributed by atoms with Crippen LogP contribution >= 0.6 is 0 Å². The first-order chi connectivity index (χ1) is 9.76. The second-order valence-electron chi connectivity index (χ2n) is 4.52. The molecule has 0 atom stereocenters. The summed E-state index contributed by atoms with van der Waals surface area (Å²) < 4.78 is 12.2. The molecule has 0 aliphatic heterocycles. The highest BCUT2D eigenvalue weighted by atomic mass is 16.5. The largest absolute Gasteiger partial charge is 0.382 e. The molecular formula is C15H20N2O3. The zero-order valence-electron chi connectivity index (χ0n) is 12.0. The number of benzene rings is 1. The summed E-state index contributed by atoms with van der Waals surface area (Å²) in [6.07, 6.45) is 0.301. The average molecular weight is 276 g/mol. The molecule has 5 heteroatoms. The smallest absolute Gasteiger partial charge is 0.165 e. The van der Waals surface area contributed by atoms with Crippen LogP contribution in [0.3, 0.4) is 0 Å². The van der Waals surface area contributed by atoms with Gasteiger partial charge in [-0.2, -0.15) is 0 Å². The van der Waals surface area contributed by atoms with Crippen LogP contribution < -0.4 is 0 Å². The lowest BCUT2D eigenvalue weighted by molar-refractivity contribution is -0.123. The topological polar surface area (TPSA) is 53.4 Å². The SMILES string of the molecule is CCn1c(CC(=O)COCCOC)nc2ccccc21. The van der Waals surface area contributed by atoms with Gasteiger partial charge < -0.3 is 14.0 Å². The number of ether oxygens (including phenoxy) is 2. The van der Waals surface area contributed by atoms with Gasteiger partial charge in [0, 0.05) is 13.7 Å². The van der Waals surface area contributed by atoms with Crippen LogP contribution in [0.25, 0.3) is 11.0 Å². The molecule has 0 amide bonds. The summed E-state index contributed by atoms with van der Waals surface area (Å²) in [6, 6.07) is 7.92. The van der Waals surface area contributed by atoms with Gasteiger partial charge >= 0.3 is 0 Å². The van der Waals surface area contributed by atoms with Crippen LogP contribution in [0.15, 0.2) is 24.3 Å². The minimum Gasteiger partial charge on any atom is -0.382 e. The number of carbonyl (C=O) groups is 1. The van der Waals surface area contributed by atoms with Crippen LogP contribution in [0, 0.1) is 0 Å². The van der Waals surface area contributed by atoms with Crippen LogP contribution in [0.1, 0.15) is 12.7 Å². The number of aromatic nitrogens is 2. The second-order valence-corrected chi connectivity index (χ2v) is 4.52. The fourth-order valence-corrected chi connectivity index (χ4v) is 2.17. The summed E-state index contributed by atoms with van der Waals surface area (Å²) in [4.78, 5) is 16.4. The number of nitrogens with zero attached hydrogens (tertiary/aromatic N) is 2. The Morgan fingerprint density at radius 3 is 2.85 bits per heavy atom. The van der Waals surface area contributed by atoms with E-state index in [2.05, 4.69) is 16.5 Å². The molecule has 0 N–H and O–H groups in total. The van der Waals surface area contributed by atoms with Crippen molar-refractivity contribution in [2.24, 2.45) is 0 Å². The van der Waals surface area contributed by atoms with Gasteiger partial charge in [0.05, 0.1) is 30.7 Å². The highest BCUT2D eigenvalue weighted by Crippen LogP contribution is 2.16. The molecule has 1 aromatic carbocycles. The Labute approximate surface area is 118 Å². The number of hydrogen-bond donors (Lipinski definition) is 0. The van der Waals surface area contributed by atoms with Gasteiger partial charge in [-0.1, -0.05) is 12.1 Å². The predicted molar refractivity (Wildman–Crippen MR) is 76.8 cm³/mol. The first kappa shape index (κ1) is 14.7. The summed E-state index contributed by atoms with van der Waals surface area (Å²) in [7, 11) is 1.61. The van der Waals surface area contributed by atoms with E-state index >= 15 is 0 Å². The maximum Gasteiger partial charge on any atom is 0.165 e. The Morgan fingerprint density at radius 1 is 1.30 bits per heavy atom. The van der Waals surface area contributed by atoms with Crippen molar-refractivity contribution in [2.45, 2.75) is 19.9 Å². The molecule has 2 rings (SSSR count). The molecule has 0 unspecified atom stereocenters. The minimum absolute atomic E-state index is 0.0334. The number of Topliss-reactive ketones (excluding diaryl/α,β-unsaturated/α-hetero) is 1. The zero-order chi connectivity index (χ0) is 14.4. The highest BCUT2D eigenvalue weighted by molar-refractivity contribution is 5.83.